The van der Waals surface area contributed by atoms with Crippen molar-refractivity contribution in [3.63, 3.8) is 0 Å². The number of H-pyrrole nitrogens is 1. The number of aromatic amines is 1. The van der Waals surface area contributed by atoms with Crippen LogP contribution in [-0.2, 0) is 19.6 Å². The van der Waals surface area contributed by atoms with E-state index < -0.39 is 0 Å². The van der Waals surface area contributed by atoms with Gasteiger partial charge in [0.2, 0.25) is 0 Å². The molecule has 0 saturated carbocycles. The number of hydrogen-bond donors (Lipinski definition) is 2. The van der Waals surface area contributed by atoms with Crippen LogP contribution >= 0.6 is 15.9 Å². The molecule has 0 unspecified atom stereocenters. The van der Waals surface area contributed by atoms with Crippen LogP contribution in [0.25, 0.3) is 11.0 Å². The van der Waals surface area contributed by atoms with Gasteiger partial charge in [0.25, 0.3) is 0 Å². The summed E-state index contributed by atoms with van der Waals surface area (Å²) < 4.78 is 12.6. The number of imidazole rings is 1. The minimum absolute atomic E-state index is 0.498. The molecule has 4 rings (SSSR count). The number of para-hydroxylation sites is 2. The zero-order valence-electron chi connectivity index (χ0n) is 17.7. The van der Waals surface area contributed by atoms with Crippen LogP contribution < -0.4 is 14.8 Å². The van der Waals surface area contributed by atoms with Gasteiger partial charge in [-0.15, -0.1) is 0 Å². The maximum absolute atomic E-state index is 6.01. The zero-order chi connectivity index (χ0) is 21.6. The summed E-state index contributed by atoms with van der Waals surface area (Å²) in [6.07, 6.45) is 0.835. The van der Waals surface area contributed by atoms with Crippen LogP contribution in [-0.4, -0.2) is 23.6 Å². The highest BCUT2D eigenvalue weighted by Crippen LogP contribution is 2.34. The lowest BCUT2D eigenvalue weighted by molar-refractivity contribution is 0.284. The van der Waals surface area contributed by atoms with Gasteiger partial charge in [-0.2, -0.15) is 0 Å². The fourth-order valence-corrected chi connectivity index (χ4v) is 3.85. The number of nitrogens with one attached hydrogen (secondary N) is 2. The van der Waals surface area contributed by atoms with Gasteiger partial charge in [0, 0.05) is 24.0 Å². The quantitative estimate of drug-likeness (QED) is 0.308. The first kappa shape index (κ1) is 21.4. The molecule has 0 aliphatic carbocycles. The average molecular weight is 480 g/mol. The molecule has 4 aromatic rings. The first-order chi connectivity index (χ1) is 15.1. The van der Waals surface area contributed by atoms with Crippen LogP contribution in [0.3, 0.4) is 0 Å². The second kappa shape index (κ2) is 9.98. The summed E-state index contributed by atoms with van der Waals surface area (Å²) in [5, 5.41) is 3.48. The lowest BCUT2D eigenvalue weighted by Crippen LogP contribution is -2.17. The Kier molecular flexibility index (Phi) is 6.89. The van der Waals surface area contributed by atoms with Crippen molar-refractivity contribution in [2.75, 3.05) is 13.7 Å². The van der Waals surface area contributed by atoms with E-state index in [1.165, 1.54) is 5.56 Å². The van der Waals surface area contributed by atoms with E-state index in [2.05, 4.69) is 62.4 Å². The van der Waals surface area contributed by atoms with Gasteiger partial charge in [0.15, 0.2) is 11.5 Å². The molecule has 6 heteroatoms. The van der Waals surface area contributed by atoms with Gasteiger partial charge < -0.3 is 19.8 Å². The highest BCUT2D eigenvalue weighted by atomic mass is 79.9. The van der Waals surface area contributed by atoms with Crippen molar-refractivity contribution in [2.45, 2.75) is 26.5 Å². The predicted molar refractivity (Wildman–Crippen MR) is 128 cm³/mol. The van der Waals surface area contributed by atoms with Gasteiger partial charge in [0.1, 0.15) is 12.4 Å². The number of aryl methyl sites for hydroxylation is 1. The summed E-state index contributed by atoms with van der Waals surface area (Å²) in [6, 6.07) is 20.4. The minimum Gasteiger partial charge on any atom is -0.493 e. The van der Waals surface area contributed by atoms with Crippen molar-refractivity contribution in [1.82, 2.24) is 15.3 Å². The normalized spacial score (nSPS) is 11.1. The highest BCUT2D eigenvalue weighted by molar-refractivity contribution is 9.10. The maximum atomic E-state index is 6.01. The topological polar surface area (TPSA) is 59.2 Å². The van der Waals surface area contributed by atoms with E-state index in [-0.39, 0.29) is 0 Å². The molecule has 0 aliphatic rings. The van der Waals surface area contributed by atoms with Crippen molar-refractivity contribution in [2.24, 2.45) is 0 Å². The Morgan fingerprint density at radius 2 is 1.84 bits per heavy atom. The van der Waals surface area contributed by atoms with Gasteiger partial charge in [-0.25, -0.2) is 4.98 Å². The van der Waals surface area contributed by atoms with Crippen LogP contribution in [0.15, 0.2) is 65.1 Å². The fraction of sp³-hybridized carbons (Fsp3) is 0.240. The Labute approximate surface area is 190 Å². The van der Waals surface area contributed by atoms with Crippen LogP contribution in [0.4, 0.5) is 0 Å². The SMILES string of the molecule is COc1cc(CNCCc2nc3ccccc3[nH]2)c(Br)cc1OCc1ccc(C)cc1. The molecule has 1 heterocycles. The molecule has 0 amide bonds. The van der Waals surface area contributed by atoms with Crippen molar-refractivity contribution < 1.29 is 9.47 Å². The van der Waals surface area contributed by atoms with Crippen LogP contribution in [0.2, 0.25) is 0 Å². The Morgan fingerprint density at radius 3 is 2.61 bits per heavy atom. The summed E-state index contributed by atoms with van der Waals surface area (Å²) in [7, 11) is 1.67. The number of aromatic nitrogens is 2. The van der Waals surface area contributed by atoms with Crippen LogP contribution in [0.5, 0.6) is 11.5 Å². The lowest BCUT2D eigenvalue weighted by atomic mass is 10.1. The molecule has 0 spiro atoms. The van der Waals surface area contributed by atoms with E-state index in [0.717, 1.165) is 63.5 Å². The molecule has 0 saturated heterocycles. The number of benzene rings is 3. The summed E-state index contributed by atoms with van der Waals surface area (Å²) in [4.78, 5) is 7.99. The molecule has 31 heavy (non-hydrogen) atoms. The molecule has 1 aromatic heterocycles. The molecule has 0 atom stereocenters. The van der Waals surface area contributed by atoms with Crippen LogP contribution in [0, 0.1) is 6.92 Å². The van der Waals surface area contributed by atoms with Gasteiger partial charge >= 0.3 is 0 Å². The molecule has 0 fully saturated rings. The average Bonchev–Trinajstić information content (AvgIpc) is 3.20. The summed E-state index contributed by atoms with van der Waals surface area (Å²) in [5.74, 6) is 2.44. The Morgan fingerprint density at radius 1 is 1.03 bits per heavy atom. The van der Waals surface area contributed by atoms with E-state index in [9.17, 15) is 0 Å². The van der Waals surface area contributed by atoms with Crippen molar-refractivity contribution in [3.8, 4) is 11.5 Å². The van der Waals surface area contributed by atoms with E-state index in [1.54, 1.807) is 7.11 Å². The minimum atomic E-state index is 0.498. The third kappa shape index (κ3) is 5.46. The zero-order valence-corrected chi connectivity index (χ0v) is 19.3. The fourth-order valence-electron chi connectivity index (χ4n) is 3.38. The number of ether oxygens (including phenoxy) is 2. The van der Waals surface area contributed by atoms with Crippen molar-refractivity contribution in [3.05, 3.63) is 87.7 Å². The summed E-state index contributed by atoms with van der Waals surface area (Å²) >= 11 is 3.67. The monoisotopic (exact) mass is 479 g/mol. The first-order valence-electron chi connectivity index (χ1n) is 10.3. The number of methoxy groups -OCH3 is 1. The Balaban J connectivity index is 1.34. The predicted octanol–water partition coefficient (Wildman–Crippen LogP) is 5.55. The standard InChI is InChI=1S/C25H26BrN3O2/c1-17-7-9-18(10-8-17)16-31-24-14-20(26)19(13-23(24)30-2)15-27-12-11-25-28-21-5-3-4-6-22(21)29-25/h3-10,13-14,27H,11-12,15-16H2,1-2H3,(H,28,29). The lowest BCUT2D eigenvalue weighted by Gasteiger charge is -2.14. The van der Waals surface area contributed by atoms with E-state index in [1.807, 2.05) is 36.4 Å². The highest BCUT2D eigenvalue weighted by Gasteiger charge is 2.11. The number of halogens is 1. The van der Waals surface area contributed by atoms with E-state index in [4.69, 9.17) is 9.47 Å². The molecule has 0 bridgehead atoms. The molecule has 2 N–H and O–H groups in total. The van der Waals surface area contributed by atoms with Gasteiger partial charge in [0.05, 0.1) is 18.1 Å². The van der Waals surface area contributed by atoms with Crippen molar-refractivity contribution in [1.29, 1.82) is 0 Å². The molecule has 0 radical (unpaired) electrons. The largest absolute Gasteiger partial charge is 0.493 e. The second-order valence-electron chi connectivity index (χ2n) is 7.50. The van der Waals surface area contributed by atoms with Gasteiger partial charge in [-0.3, -0.25) is 0 Å². The molecule has 3 aromatic carbocycles. The smallest absolute Gasteiger partial charge is 0.162 e. The number of hydrogen-bond acceptors (Lipinski definition) is 4. The summed E-state index contributed by atoms with van der Waals surface area (Å²) in [5.41, 5.74) is 5.56. The number of fused-ring (bicyclic) bond motifs is 1. The second-order valence-corrected chi connectivity index (χ2v) is 8.35. The molecule has 160 valence electrons. The molecular weight excluding hydrogens is 454 g/mol. The van der Waals surface area contributed by atoms with E-state index in [0.29, 0.717) is 6.61 Å². The first-order valence-corrected chi connectivity index (χ1v) is 11.1. The number of rotatable bonds is 9. The Hall–Kier alpha value is -2.83. The molecule has 0 aliphatic heterocycles. The number of nitrogens with zero attached hydrogens (tertiary/aromatic N) is 1. The van der Waals surface area contributed by atoms with Crippen LogP contribution in [0.1, 0.15) is 22.5 Å². The van der Waals surface area contributed by atoms with Crippen molar-refractivity contribution >= 4 is 27.0 Å². The van der Waals surface area contributed by atoms with Gasteiger partial charge in [-0.1, -0.05) is 57.9 Å². The molecule has 5 nitrogen and oxygen atoms in total. The summed E-state index contributed by atoms with van der Waals surface area (Å²) in [6.45, 7) is 4.11. The maximum Gasteiger partial charge on any atom is 0.162 e. The third-order valence-corrected chi connectivity index (χ3v) is 5.88. The van der Waals surface area contributed by atoms with Gasteiger partial charge in [-0.05, 0) is 42.3 Å². The Bertz CT molecular complexity index is 1120. The van der Waals surface area contributed by atoms with E-state index >= 15 is 0 Å². The molecular formula is C25H26BrN3O2. The third-order valence-electron chi connectivity index (χ3n) is 5.14.